The van der Waals surface area contributed by atoms with E-state index in [1.165, 1.54) is 12.1 Å². The normalized spacial score (nSPS) is 13.9. The lowest BCUT2D eigenvalue weighted by Gasteiger charge is -2.37. The number of methoxy groups -OCH3 is 1. The Kier molecular flexibility index (Phi) is 6.90. The first kappa shape index (κ1) is 25.5. The van der Waals surface area contributed by atoms with Crippen molar-refractivity contribution in [2.45, 2.75) is 17.9 Å². The van der Waals surface area contributed by atoms with Gasteiger partial charge in [-0.05, 0) is 85.4 Å². The quantitative estimate of drug-likeness (QED) is 0.257. The second-order valence-electron chi connectivity index (χ2n) is 9.88. The number of para-hydroxylation sites is 1. The fourth-order valence-corrected chi connectivity index (χ4v) is 5.16. The van der Waals surface area contributed by atoms with Crippen LogP contribution in [0.4, 0.5) is 4.39 Å². The van der Waals surface area contributed by atoms with Gasteiger partial charge in [0.1, 0.15) is 28.5 Å². The second-order valence-corrected chi connectivity index (χ2v) is 9.88. The van der Waals surface area contributed by atoms with Gasteiger partial charge < -0.3 is 19.2 Å². The van der Waals surface area contributed by atoms with E-state index in [-0.39, 0.29) is 0 Å². The molecule has 0 radical (unpaired) electrons. The number of nitrogens with zero attached hydrogens (tertiary/aromatic N) is 2. The zero-order chi connectivity index (χ0) is 26.9. The molecule has 0 aliphatic heterocycles. The van der Waals surface area contributed by atoms with Gasteiger partial charge in [-0.15, -0.1) is 0 Å². The van der Waals surface area contributed by atoms with Crippen LogP contribution in [0.15, 0.2) is 89.3 Å². The van der Waals surface area contributed by atoms with Crippen LogP contribution in [0.25, 0.3) is 21.7 Å². The molecular weight excluding hydrogens is 479 g/mol. The number of benzene rings is 4. The first-order valence-electron chi connectivity index (χ1n) is 12.5. The fraction of sp³-hybridized carbons (Fsp3) is 0.219. The minimum absolute atomic E-state index is 0.306. The Morgan fingerprint density at radius 2 is 1.79 bits per heavy atom. The molecule has 1 N–H and O–H groups in total. The molecule has 0 aliphatic rings. The van der Waals surface area contributed by atoms with Gasteiger partial charge in [-0.2, -0.15) is 5.26 Å². The predicted octanol–water partition coefficient (Wildman–Crippen LogP) is 6.58. The largest absolute Gasteiger partial charge is 0.496 e. The maximum atomic E-state index is 14.7. The lowest BCUT2D eigenvalue weighted by atomic mass is 9.73. The molecule has 5 rings (SSSR count). The number of furan rings is 1. The van der Waals surface area contributed by atoms with E-state index >= 15 is 0 Å². The van der Waals surface area contributed by atoms with Crippen molar-refractivity contribution in [3.63, 3.8) is 0 Å². The molecule has 0 saturated heterocycles. The Labute approximate surface area is 221 Å². The number of hydrogen-bond donors (Lipinski definition) is 1. The molecule has 6 heteroatoms. The summed E-state index contributed by atoms with van der Waals surface area (Å²) in [7, 11) is 5.46. The molecule has 5 nitrogen and oxygen atoms in total. The lowest BCUT2D eigenvalue weighted by molar-refractivity contribution is -0.0143. The average Bonchev–Trinajstić information content (AvgIpc) is 3.36. The zero-order valence-corrected chi connectivity index (χ0v) is 21.6. The van der Waals surface area contributed by atoms with Crippen LogP contribution >= 0.6 is 0 Å². The number of rotatable bonds is 8. The van der Waals surface area contributed by atoms with Crippen LogP contribution in [0.1, 0.15) is 34.8 Å². The highest BCUT2D eigenvalue weighted by Gasteiger charge is 2.44. The molecule has 38 heavy (non-hydrogen) atoms. The number of ether oxygens (including phenoxy) is 1. The van der Waals surface area contributed by atoms with Crippen molar-refractivity contribution in [3.05, 3.63) is 113 Å². The van der Waals surface area contributed by atoms with Crippen molar-refractivity contribution in [3.8, 4) is 11.8 Å². The van der Waals surface area contributed by atoms with Crippen molar-refractivity contribution in [2.24, 2.45) is 0 Å². The van der Waals surface area contributed by atoms with Gasteiger partial charge in [0.05, 0.1) is 18.7 Å². The van der Waals surface area contributed by atoms with Crippen LogP contribution in [0.3, 0.4) is 0 Å². The van der Waals surface area contributed by atoms with E-state index in [1.54, 1.807) is 25.3 Å². The van der Waals surface area contributed by atoms with E-state index in [0.29, 0.717) is 46.7 Å². The van der Waals surface area contributed by atoms with E-state index in [0.717, 1.165) is 16.2 Å². The average molecular weight is 509 g/mol. The molecule has 0 saturated carbocycles. The molecule has 0 bridgehead atoms. The third-order valence-electron chi connectivity index (χ3n) is 7.08. The molecular formula is C32H29FN2O3. The summed E-state index contributed by atoms with van der Waals surface area (Å²) in [6, 6.07) is 27.2. The molecule has 4 aromatic carbocycles. The summed E-state index contributed by atoms with van der Waals surface area (Å²) in [6.45, 7) is 0.549. The molecule has 1 aromatic heterocycles. The number of halogens is 1. The summed E-state index contributed by atoms with van der Waals surface area (Å²) < 4.78 is 26.8. The summed E-state index contributed by atoms with van der Waals surface area (Å²) in [5.41, 5.74) is 0.873. The predicted molar refractivity (Wildman–Crippen MR) is 147 cm³/mol. The lowest BCUT2D eigenvalue weighted by Crippen LogP contribution is -2.37. The summed E-state index contributed by atoms with van der Waals surface area (Å²) in [4.78, 5) is 1.99. The summed E-state index contributed by atoms with van der Waals surface area (Å²) in [6.07, 6.45) is 0.306. The van der Waals surface area contributed by atoms with E-state index < -0.39 is 17.3 Å². The number of fused-ring (bicyclic) bond motifs is 2. The summed E-state index contributed by atoms with van der Waals surface area (Å²) in [5, 5.41) is 24.8. The van der Waals surface area contributed by atoms with Crippen molar-refractivity contribution in [1.82, 2.24) is 4.90 Å². The topological polar surface area (TPSA) is 69.6 Å². The second kappa shape index (κ2) is 10.3. The van der Waals surface area contributed by atoms with E-state index in [9.17, 15) is 14.8 Å². The summed E-state index contributed by atoms with van der Waals surface area (Å²) >= 11 is 0. The third-order valence-corrected chi connectivity index (χ3v) is 7.08. The van der Waals surface area contributed by atoms with Crippen LogP contribution in [0.2, 0.25) is 0 Å². The molecule has 192 valence electrons. The minimum Gasteiger partial charge on any atom is -0.496 e. The van der Waals surface area contributed by atoms with Crippen LogP contribution in [0.5, 0.6) is 5.75 Å². The van der Waals surface area contributed by atoms with E-state index in [2.05, 4.69) is 6.07 Å². The van der Waals surface area contributed by atoms with Gasteiger partial charge in [0, 0.05) is 23.4 Å². The number of hydrogen-bond acceptors (Lipinski definition) is 5. The third kappa shape index (κ3) is 4.74. The maximum absolute atomic E-state index is 14.7. The Morgan fingerprint density at radius 3 is 2.50 bits per heavy atom. The van der Waals surface area contributed by atoms with Gasteiger partial charge in [0.2, 0.25) is 0 Å². The zero-order valence-electron chi connectivity index (χ0n) is 21.6. The molecule has 2 atom stereocenters. The highest BCUT2D eigenvalue weighted by molar-refractivity contribution is 5.87. The van der Waals surface area contributed by atoms with Gasteiger partial charge in [0.15, 0.2) is 0 Å². The van der Waals surface area contributed by atoms with Crippen molar-refractivity contribution in [1.29, 1.82) is 5.26 Å². The highest BCUT2D eigenvalue weighted by atomic mass is 19.1. The number of aliphatic hydroxyl groups is 1. The standard InChI is InChI=1S/C32H29FN2O3/c1-35(2)14-13-32(36,30-19-23-7-4-5-10-28(23)38-30)31(24-8-6-9-26(33)16-24)27-17-25-15-21(20-34)11-12-22(25)18-29(27)37-3/h4-12,15-19,31,36H,13-14H2,1-3H3/t31-,32-/m1/s1. The molecule has 0 amide bonds. The van der Waals surface area contributed by atoms with Crippen LogP contribution in [0, 0.1) is 17.1 Å². The van der Waals surface area contributed by atoms with Crippen LogP contribution in [-0.4, -0.2) is 37.8 Å². The van der Waals surface area contributed by atoms with Gasteiger partial charge >= 0.3 is 0 Å². The molecule has 0 unspecified atom stereocenters. The van der Waals surface area contributed by atoms with Crippen LogP contribution in [-0.2, 0) is 5.60 Å². The van der Waals surface area contributed by atoms with Gasteiger partial charge in [-0.3, -0.25) is 0 Å². The number of nitriles is 1. The first-order valence-corrected chi connectivity index (χ1v) is 12.5. The van der Waals surface area contributed by atoms with E-state index in [4.69, 9.17) is 9.15 Å². The fourth-order valence-electron chi connectivity index (χ4n) is 5.16. The van der Waals surface area contributed by atoms with Crippen molar-refractivity contribution >= 4 is 21.7 Å². The Hall–Kier alpha value is -4.18. The van der Waals surface area contributed by atoms with Crippen molar-refractivity contribution in [2.75, 3.05) is 27.7 Å². The summed E-state index contributed by atoms with van der Waals surface area (Å²) in [5.74, 6) is -0.207. The van der Waals surface area contributed by atoms with Gasteiger partial charge in [-0.1, -0.05) is 36.4 Å². The highest BCUT2D eigenvalue weighted by Crippen LogP contribution is 2.49. The smallest absolute Gasteiger partial charge is 0.137 e. The Bertz CT molecular complexity index is 1620. The monoisotopic (exact) mass is 508 g/mol. The minimum atomic E-state index is -1.56. The van der Waals surface area contributed by atoms with E-state index in [1.807, 2.05) is 73.6 Å². The van der Waals surface area contributed by atoms with Gasteiger partial charge in [0.25, 0.3) is 0 Å². The van der Waals surface area contributed by atoms with Crippen LogP contribution < -0.4 is 4.74 Å². The maximum Gasteiger partial charge on any atom is 0.137 e. The molecule has 5 aromatic rings. The molecule has 1 heterocycles. The molecule has 0 aliphatic carbocycles. The molecule has 0 spiro atoms. The Morgan fingerprint density at radius 1 is 0.974 bits per heavy atom. The molecule has 0 fully saturated rings. The van der Waals surface area contributed by atoms with Gasteiger partial charge in [-0.25, -0.2) is 4.39 Å². The SMILES string of the molecule is COc1cc2ccc(C#N)cc2cc1[C@@H](c1cccc(F)c1)[C@@](O)(CCN(C)C)c1cc2ccccc2o1. The first-order chi connectivity index (χ1) is 18.3. The van der Waals surface area contributed by atoms with Crippen molar-refractivity contribution < 1.29 is 18.7 Å². The Balaban J connectivity index is 1.82.